The van der Waals surface area contributed by atoms with Crippen LogP contribution >= 0.6 is 0 Å². The van der Waals surface area contributed by atoms with E-state index in [9.17, 15) is 0 Å². The van der Waals surface area contributed by atoms with E-state index in [0.29, 0.717) is 6.54 Å². The van der Waals surface area contributed by atoms with Gasteiger partial charge in [-0.2, -0.15) is 0 Å². The number of hydrogen-bond donors (Lipinski definition) is 1. The van der Waals surface area contributed by atoms with Gasteiger partial charge in [-0.25, -0.2) is 0 Å². The van der Waals surface area contributed by atoms with Gasteiger partial charge in [0.2, 0.25) is 0 Å². The summed E-state index contributed by atoms with van der Waals surface area (Å²) in [7, 11) is 1.71. The molecule has 0 spiro atoms. The quantitative estimate of drug-likeness (QED) is 0.792. The maximum Gasteiger partial charge on any atom is 0.0943 e. The highest BCUT2D eigenvalue weighted by molar-refractivity contribution is 5.30. The molecule has 0 aromatic heterocycles. The van der Waals surface area contributed by atoms with Crippen LogP contribution in [0.3, 0.4) is 0 Å². The van der Waals surface area contributed by atoms with Crippen molar-refractivity contribution >= 4 is 0 Å². The minimum absolute atomic E-state index is 0.0497. The predicted octanol–water partition coefficient (Wildman–Crippen LogP) is 2.21. The zero-order chi connectivity index (χ0) is 9.97. The molecule has 1 fully saturated rings. The van der Waals surface area contributed by atoms with Gasteiger partial charge in [-0.05, 0) is 29.9 Å². The van der Waals surface area contributed by atoms with E-state index >= 15 is 0 Å². The van der Waals surface area contributed by atoms with Crippen molar-refractivity contribution in [2.45, 2.75) is 24.9 Å². The van der Waals surface area contributed by atoms with Gasteiger partial charge in [0.25, 0.3) is 0 Å². The maximum absolute atomic E-state index is 5.63. The molecule has 0 radical (unpaired) electrons. The van der Waals surface area contributed by atoms with Crippen molar-refractivity contribution < 1.29 is 4.74 Å². The number of rotatable bonds is 4. The number of benzene rings is 1. The van der Waals surface area contributed by atoms with Gasteiger partial charge >= 0.3 is 0 Å². The summed E-state index contributed by atoms with van der Waals surface area (Å²) in [5, 5.41) is 0. The second-order valence-corrected chi connectivity index (χ2v) is 3.90. The van der Waals surface area contributed by atoms with Gasteiger partial charge in [0.05, 0.1) is 6.10 Å². The minimum atomic E-state index is 0.0497. The fraction of sp³-hybridized carbons (Fsp3) is 0.500. The lowest BCUT2D eigenvalue weighted by Gasteiger charge is -2.14. The van der Waals surface area contributed by atoms with Crippen LogP contribution in [0.25, 0.3) is 0 Å². The maximum atomic E-state index is 5.63. The first-order valence-electron chi connectivity index (χ1n) is 5.18. The lowest BCUT2D eigenvalue weighted by Crippen LogP contribution is -2.14. The zero-order valence-corrected chi connectivity index (χ0v) is 8.57. The van der Waals surface area contributed by atoms with Crippen molar-refractivity contribution in [1.82, 2.24) is 0 Å². The molecular weight excluding hydrogens is 174 g/mol. The molecule has 2 nitrogen and oxygen atoms in total. The molecule has 2 heteroatoms. The number of ether oxygens (including phenoxy) is 1. The van der Waals surface area contributed by atoms with Crippen LogP contribution in [-0.4, -0.2) is 13.7 Å². The Morgan fingerprint density at radius 1 is 1.50 bits per heavy atom. The third-order valence-corrected chi connectivity index (χ3v) is 2.83. The van der Waals surface area contributed by atoms with E-state index in [1.165, 1.54) is 24.0 Å². The molecule has 1 unspecified atom stereocenters. The van der Waals surface area contributed by atoms with E-state index in [2.05, 4.69) is 24.3 Å². The van der Waals surface area contributed by atoms with Crippen LogP contribution in [0.15, 0.2) is 24.3 Å². The first kappa shape index (κ1) is 9.69. The average Bonchev–Trinajstić information content (AvgIpc) is 3.03. The highest BCUT2D eigenvalue weighted by Crippen LogP contribution is 2.40. The lowest BCUT2D eigenvalue weighted by atomic mass is 10.0. The Hall–Kier alpha value is -0.860. The van der Waals surface area contributed by atoms with Crippen molar-refractivity contribution in [3.8, 4) is 0 Å². The topological polar surface area (TPSA) is 35.2 Å². The molecule has 1 atom stereocenters. The summed E-state index contributed by atoms with van der Waals surface area (Å²) in [5.41, 5.74) is 8.28. The SMILES string of the molecule is COC(CN)c1cccc(C2CC2)c1. The molecule has 0 amide bonds. The van der Waals surface area contributed by atoms with Crippen LogP contribution in [0.2, 0.25) is 0 Å². The van der Waals surface area contributed by atoms with Gasteiger partial charge in [-0.3, -0.25) is 0 Å². The summed E-state index contributed by atoms with van der Waals surface area (Å²) in [6, 6.07) is 8.63. The van der Waals surface area contributed by atoms with Crippen LogP contribution in [0.4, 0.5) is 0 Å². The molecule has 0 bridgehead atoms. The van der Waals surface area contributed by atoms with Gasteiger partial charge in [0.1, 0.15) is 0 Å². The van der Waals surface area contributed by atoms with Crippen LogP contribution in [0.5, 0.6) is 0 Å². The zero-order valence-electron chi connectivity index (χ0n) is 8.57. The van der Waals surface area contributed by atoms with Crippen LogP contribution in [0.1, 0.15) is 36.0 Å². The first-order chi connectivity index (χ1) is 6.85. The normalized spacial score (nSPS) is 18.1. The number of hydrogen-bond acceptors (Lipinski definition) is 2. The molecule has 1 aliphatic carbocycles. The van der Waals surface area contributed by atoms with Crippen molar-refractivity contribution in [2.24, 2.45) is 5.73 Å². The molecule has 1 saturated carbocycles. The first-order valence-corrected chi connectivity index (χ1v) is 5.18. The standard InChI is InChI=1S/C12H17NO/c1-14-12(8-13)11-4-2-3-10(7-11)9-5-6-9/h2-4,7,9,12H,5-6,8,13H2,1H3. The van der Waals surface area contributed by atoms with Crippen molar-refractivity contribution in [1.29, 1.82) is 0 Å². The van der Waals surface area contributed by atoms with Crippen molar-refractivity contribution in [3.63, 3.8) is 0 Å². The Morgan fingerprint density at radius 2 is 2.29 bits per heavy atom. The lowest BCUT2D eigenvalue weighted by molar-refractivity contribution is 0.110. The summed E-state index contributed by atoms with van der Waals surface area (Å²) in [6.07, 6.45) is 2.72. The summed E-state index contributed by atoms with van der Waals surface area (Å²) < 4.78 is 5.32. The summed E-state index contributed by atoms with van der Waals surface area (Å²) in [4.78, 5) is 0. The summed E-state index contributed by atoms with van der Waals surface area (Å²) in [6.45, 7) is 0.546. The summed E-state index contributed by atoms with van der Waals surface area (Å²) >= 11 is 0. The van der Waals surface area contributed by atoms with E-state index in [4.69, 9.17) is 10.5 Å². The van der Waals surface area contributed by atoms with Crippen LogP contribution in [-0.2, 0) is 4.74 Å². The molecule has 0 aliphatic heterocycles. The van der Waals surface area contributed by atoms with Crippen molar-refractivity contribution in [2.75, 3.05) is 13.7 Å². The Morgan fingerprint density at radius 3 is 2.86 bits per heavy atom. The Balaban J connectivity index is 2.19. The fourth-order valence-electron chi connectivity index (χ4n) is 1.80. The van der Waals surface area contributed by atoms with Crippen LogP contribution in [0, 0.1) is 0 Å². The predicted molar refractivity (Wildman–Crippen MR) is 57.2 cm³/mol. The molecule has 1 aromatic carbocycles. The van der Waals surface area contributed by atoms with Crippen molar-refractivity contribution in [3.05, 3.63) is 35.4 Å². The van der Waals surface area contributed by atoms with Gasteiger partial charge in [-0.15, -0.1) is 0 Å². The average molecular weight is 191 g/mol. The van der Waals surface area contributed by atoms with E-state index < -0.39 is 0 Å². The molecule has 14 heavy (non-hydrogen) atoms. The second-order valence-electron chi connectivity index (χ2n) is 3.90. The summed E-state index contributed by atoms with van der Waals surface area (Å²) in [5.74, 6) is 0.797. The van der Waals surface area contributed by atoms with Crippen LogP contribution < -0.4 is 5.73 Å². The molecule has 0 saturated heterocycles. The Kier molecular flexibility index (Phi) is 2.85. The van der Waals surface area contributed by atoms with E-state index in [1.54, 1.807) is 7.11 Å². The molecule has 76 valence electrons. The molecular formula is C12H17NO. The third kappa shape index (κ3) is 1.97. The molecule has 2 rings (SSSR count). The second kappa shape index (κ2) is 4.11. The fourth-order valence-corrected chi connectivity index (χ4v) is 1.80. The molecule has 1 aliphatic rings. The highest BCUT2D eigenvalue weighted by atomic mass is 16.5. The monoisotopic (exact) mass is 191 g/mol. The van der Waals surface area contributed by atoms with Gasteiger partial charge in [0.15, 0.2) is 0 Å². The smallest absolute Gasteiger partial charge is 0.0943 e. The van der Waals surface area contributed by atoms with Gasteiger partial charge < -0.3 is 10.5 Å². The van der Waals surface area contributed by atoms with E-state index in [1.807, 2.05) is 0 Å². The van der Waals surface area contributed by atoms with E-state index in [0.717, 1.165) is 5.92 Å². The largest absolute Gasteiger partial charge is 0.375 e. The Labute approximate surface area is 85.1 Å². The molecule has 1 aromatic rings. The minimum Gasteiger partial charge on any atom is -0.375 e. The third-order valence-electron chi connectivity index (χ3n) is 2.83. The van der Waals surface area contributed by atoms with E-state index in [-0.39, 0.29) is 6.10 Å². The number of methoxy groups -OCH3 is 1. The molecule has 0 heterocycles. The van der Waals surface area contributed by atoms with Gasteiger partial charge in [0, 0.05) is 13.7 Å². The Bertz CT molecular complexity index is 303. The molecule has 2 N–H and O–H groups in total. The number of nitrogens with two attached hydrogens (primary N) is 1. The van der Waals surface area contributed by atoms with Gasteiger partial charge in [-0.1, -0.05) is 24.3 Å². The highest BCUT2D eigenvalue weighted by Gasteiger charge is 2.23.